The molecule has 1 fully saturated rings. The Morgan fingerprint density at radius 3 is 2.87 bits per heavy atom. The van der Waals surface area contributed by atoms with Crippen molar-refractivity contribution in [2.45, 2.75) is 19.4 Å². The standard InChI is InChI=1S/C15H22F2N4O.HI/c1-15(2)10-21(7-8-22-15)6-5-19-14(18)20-13-9-11(16)3-4-12(13)17;/h3-4,9H,5-8,10H2,1-2H3,(H3,18,19,20);1H. The van der Waals surface area contributed by atoms with Gasteiger partial charge in [-0.25, -0.2) is 8.78 Å². The van der Waals surface area contributed by atoms with Crippen molar-refractivity contribution in [3.8, 4) is 0 Å². The molecule has 5 nitrogen and oxygen atoms in total. The molecule has 0 radical (unpaired) electrons. The lowest BCUT2D eigenvalue weighted by molar-refractivity contribution is -0.0850. The van der Waals surface area contributed by atoms with E-state index < -0.39 is 11.6 Å². The van der Waals surface area contributed by atoms with Gasteiger partial charge in [-0.15, -0.1) is 24.0 Å². The molecule has 1 saturated heterocycles. The van der Waals surface area contributed by atoms with Crippen molar-refractivity contribution in [3.05, 3.63) is 29.8 Å². The van der Waals surface area contributed by atoms with E-state index in [0.717, 1.165) is 37.8 Å². The monoisotopic (exact) mass is 440 g/mol. The smallest absolute Gasteiger partial charge is 0.193 e. The maximum atomic E-state index is 13.5. The highest BCUT2D eigenvalue weighted by Gasteiger charge is 2.26. The molecule has 1 heterocycles. The summed E-state index contributed by atoms with van der Waals surface area (Å²) in [6.45, 7) is 7.68. The summed E-state index contributed by atoms with van der Waals surface area (Å²) in [6.07, 6.45) is 0. The minimum absolute atomic E-state index is 0. The molecule has 0 atom stereocenters. The van der Waals surface area contributed by atoms with Crippen LogP contribution >= 0.6 is 24.0 Å². The fraction of sp³-hybridized carbons (Fsp3) is 0.533. The predicted molar refractivity (Wildman–Crippen MR) is 98.4 cm³/mol. The molecular weight excluding hydrogens is 417 g/mol. The zero-order chi connectivity index (χ0) is 16.2. The maximum Gasteiger partial charge on any atom is 0.193 e. The van der Waals surface area contributed by atoms with E-state index in [2.05, 4.69) is 15.2 Å². The molecule has 1 aliphatic rings. The summed E-state index contributed by atoms with van der Waals surface area (Å²) < 4.78 is 32.2. The maximum absolute atomic E-state index is 13.5. The molecule has 1 aliphatic heterocycles. The number of anilines is 1. The normalized spacial score (nSPS) is 18.3. The second-order valence-electron chi connectivity index (χ2n) is 5.90. The van der Waals surface area contributed by atoms with E-state index in [0.29, 0.717) is 13.2 Å². The Morgan fingerprint density at radius 2 is 2.17 bits per heavy atom. The van der Waals surface area contributed by atoms with E-state index in [-0.39, 0.29) is 41.2 Å². The third-order valence-electron chi connectivity index (χ3n) is 3.39. The van der Waals surface area contributed by atoms with Crippen LogP contribution in [-0.4, -0.2) is 49.2 Å². The minimum atomic E-state index is -0.575. The Hall–Kier alpha value is -1.00. The van der Waals surface area contributed by atoms with Gasteiger partial charge in [0.15, 0.2) is 5.96 Å². The molecule has 0 unspecified atom stereocenters. The number of hydrogen-bond acceptors (Lipinski definition) is 3. The van der Waals surface area contributed by atoms with Crippen molar-refractivity contribution in [3.63, 3.8) is 0 Å². The van der Waals surface area contributed by atoms with E-state index in [1.165, 1.54) is 0 Å². The Bertz CT molecular complexity index is 554. The average Bonchev–Trinajstić information content (AvgIpc) is 2.42. The predicted octanol–water partition coefficient (Wildman–Crippen LogP) is 2.42. The molecule has 8 heteroatoms. The molecule has 1 aromatic carbocycles. The molecule has 0 amide bonds. The number of aliphatic imine (C=N–C) groups is 1. The van der Waals surface area contributed by atoms with Gasteiger partial charge < -0.3 is 15.8 Å². The van der Waals surface area contributed by atoms with Crippen LogP contribution in [0.2, 0.25) is 0 Å². The zero-order valence-corrected chi connectivity index (χ0v) is 15.6. The van der Waals surface area contributed by atoms with E-state index in [9.17, 15) is 8.78 Å². The number of benzene rings is 1. The molecule has 0 aromatic heterocycles. The molecule has 0 saturated carbocycles. The summed E-state index contributed by atoms with van der Waals surface area (Å²) in [5, 5.41) is 2.57. The fourth-order valence-corrected chi connectivity index (χ4v) is 2.39. The summed E-state index contributed by atoms with van der Waals surface area (Å²) in [5.74, 6) is -1.04. The van der Waals surface area contributed by atoms with Gasteiger partial charge in [-0.3, -0.25) is 9.89 Å². The van der Waals surface area contributed by atoms with Crippen LogP contribution in [0.4, 0.5) is 14.5 Å². The SMILES string of the molecule is CC1(C)CN(CCN=C(N)Nc2cc(F)ccc2F)CCO1.I. The van der Waals surface area contributed by atoms with Gasteiger partial charge in [-0.1, -0.05) is 0 Å². The van der Waals surface area contributed by atoms with Crippen LogP contribution in [0.25, 0.3) is 0 Å². The van der Waals surface area contributed by atoms with Crippen molar-refractivity contribution in [1.82, 2.24) is 4.90 Å². The molecular formula is C15H23F2IN4O. The Kier molecular flexibility index (Phi) is 7.62. The first-order valence-electron chi connectivity index (χ1n) is 7.24. The molecule has 130 valence electrons. The third kappa shape index (κ3) is 6.56. The highest BCUT2D eigenvalue weighted by Crippen LogP contribution is 2.16. The number of nitrogens with one attached hydrogen (secondary N) is 1. The van der Waals surface area contributed by atoms with Crippen LogP contribution in [0, 0.1) is 11.6 Å². The van der Waals surface area contributed by atoms with Crippen molar-refractivity contribution < 1.29 is 13.5 Å². The zero-order valence-electron chi connectivity index (χ0n) is 13.3. The molecule has 0 spiro atoms. The first kappa shape index (κ1) is 20.0. The summed E-state index contributed by atoms with van der Waals surface area (Å²) in [7, 11) is 0. The van der Waals surface area contributed by atoms with E-state index >= 15 is 0 Å². The van der Waals surface area contributed by atoms with Crippen LogP contribution < -0.4 is 11.1 Å². The number of ether oxygens (including phenoxy) is 1. The summed E-state index contributed by atoms with van der Waals surface area (Å²) >= 11 is 0. The number of rotatable bonds is 4. The van der Waals surface area contributed by atoms with Gasteiger partial charge in [0, 0.05) is 25.7 Å². The summed E-state index contributed by atoms with van der Waals surface area (Å²) in [5.41, 5.74) is 5.52. The van der Waals surface area contributed by atoms with Gasteiger partial charge in [-0.05, 0) is 26.0 Å². The van der Waals surface area contributed by atoms with Gasteiger partial charge in [0.25, 0.3) is 0 Å². The van der Waals surface area contributed by atoms with Crippen LogP contribution in [0.3, 0.4) is 0 Å². The van der Waals surface area contributed by atoms with Crippen LogP contribution in [0.1, 0.15) is 13.8 Å². The van der Waals surface area contributed by atoms with Crippen LogP contribution in [-0.2, 0) is 4.74 Å². The van der Waals surface area contributed by atoms with Gasteiger partial charge in [0.1, 0.15) is 11.6 Å². The van der Waals surface area contributed by atoms with E-state index in [4.69, 9.17) is 10.5 Å². The third-order valence-corrected chi connectivity index (χ3v) is 3.39. The number of morpholine rings is 1. The van der Waals surface area contributed by atoms with E-state index in [1.807, 2.05) is 13.8 Å². The largest absolute Gasteiger partial charge is 0.373 e. The van der Waals surface area contributed by atoms with Gasteiger partial charge >= 0.3 is 0 Å². The second kappa shape index (κ2) is 8.74. The summed E-state index contributed by atoms with van der Waals surface area (Å²) in [6, 6.07) is 3.14. The average molecular weight is 440 g/mol. The lowest BCUT2D eigenvalue weighted by atomic mass is 10.1. The lowest BCUT2D eigenvalue weighted by Gasteiger charge is -2.37. The molecule has 3 N–H and O–H groups in total. The molecule has 0 bridgehead atoms. The van der Waals surface area contributed by atoms with Gasteiger partial charge in [0.05, 0.1) is 24.4 Å². The Morgan fingerprint density at radius 1 is 1.43 bits per heavy atom. The van der Waals surface area contributed by atoms with Crippen LogP contribution in [0.5, 0.6) is 0 Å². The first-order valence-corrected chi connectivity index (χ1v) is 7.24. The molecule has 23 heavy (non-hydrogen) atoms. The van der Waals surface area contributed by atoms with Crippen molar-refractivity contribution in [2.75, 3.05) is 38.1 Å². The Labute approximate surface area is 152 Å². The number of nitrogens with zero attached hydrogens (tertiary/aromatic N) is 2. The summed E-state index contributed by atoms with van der Waals surface area (Å²) in [4.78, 5) is 6.38. The van der Waals surface area contributed by atoms with Gasteiger partial charge in [-0.2, -0.15) is 0 Å². The second-order valence-corrected chi connectivity index (χ2v) is 5.90. The minimum Gasteiger partial charge on any atom is -0.373 e. The van der Waals surface area contributed by atoms with E-state index in [1.54, 1.807) is 0 Å². The molecule has 2 rings (SSSR count). The lowest BCUT2D eigenvalue weighted by Crippen LogP contribution is -2.49. The number of hydrogen-bond donors (Lipinski definition) is 2. The number of nitrogens with two attached hydrogens (primary N) is 1. The van der Waals surface area contributed by atoms with Crippen molar-refractivity contribution in [2.24, 2.45) is 10.7 Å². The highest BCUT2D eigenvalue weighted by atomic mass is 127. The molecule has 0 aliphatic carbocycles. The van der Waals surface area contributed by atoms with Gasteiger partial charge in [0.2, 0.25) is 0 Å². The highest BCUT2D eigenvalue weighted by molar-refractivity contribution is 14.0. The number of guanidine groups is 1. The fourth-order valence-electron chi connectivity index (χ4n) is 2.39. The topological polar surface area (TPSA) is 62.9 Å². The van der Waals surface area contributed by atoms with Crippen LogP contribution in [0.15, 0.2) is 23.2 Å². The molecule has 1 aromatic rings. The quantitative estimate of drug-likeness (QED) is 0.429. The van der Waals surface area contributed by atoms with Crippen molar-refractivity contribution in [1.29, 1.82) is 0 Å². The Balaban J connectivity index is 0.00000264. The number of halogens is 3. The van der Waals surface area contributed by atoms with Crippen molar-refractivity contribution >= 4 is 35.6 Å². The first-order chi connectivity index (χ1) is 10.4.